The summed E-state index contributed by atoms with van der Waals surface area (Å²) in [5.41, 5.74) is 3.05. The van der Waals surface area contributed by atoms with Gasteiger partial charge in [0, 0.05) is 43.9 Å². The fourth-order valence-electron chi connectivity index (χ4n) is 3.06. The molecule has 2 amide bonds. The maximum absolute atomic E-state index is 12.3. The Morgan fingerprint density at radius 3 is 2.52 bits per heavy atom. The zero-order valence-electron chi connectivity index (χ0n) is 15.7. The molecular formula is C21H25N3O3. The SMILES string of the molecule is CC(=O)NCc1ccc(-c2ccc(C(=O)NC[C@@]3(C)CCCO3)cc2)nc1. The second-order valence-electron chi connectivity index (χ2n) is 7.12. The van der Waals surface area contributed by atoms with Crippen molar-refractivity contribution >= 4 is 11.8 Å². The predicted octanol–water partition coefficient (Wildman–Crippen LogP) is 2.68. The number of ether oxygens (including phenoxy) is 1. The number of amides is 2. The molecule has 1 aliphatic rings. The molecule has 3 rings (SSSR count). The lowest BCUT2D eigenvalue weighted by Gasteiger charge is -2.23. The molecule has 0 spiro atoms. The largest absolute Gasteiger partial charge is 0.373 e. The molecule has 1 atom stereocenters. The van der Waals surface area contributed by atoms with Crippen LogP contribution in [0.3, 0.4) is 0 Å². The molecule has 1 aliphatic heterocycles. The first kappa shape index (κ1) is 19.0. The highest BCUT2D eigenvalue weighted by atomic mass is 16.5. The number of carbonyl (C=O) groups excluding carboxylic acids is 2. The van der Waals surface area contributed by atoms with Crippen molar-refractivity contribution in [1.29, 1.82) is 0 Å². The molecular weight excluding hydrogens is 342 g/mol. The molecule has 1 aromatic heterocycles. The van der Waals surface area contributed by atoms with Gasteiger partial charge in [-0.3, -0.25) is 14.6 Å². The standard InChI is InChI=1S/C21H25N3O3/c1-15(25)22-12-16-4-9-19(23-13-16)17-5-7-18(8-6-17)20(26)24-14-21(2)10-3-11-27-21/h4-9,13H,3,10-12,14H2,1-2H3,(H,22,25)(H,24,26)/t21-/m1/s1. The zero-order chi connectivity index (χ0) is 19.3. The van der Waals surface area contributed by atoms with Crippen molar-refractivity contribution in [3.63, 3.8) is 0 Å². The van der Waals surface area contributed by atoms with Gasteiger partial charge in [-0.1, -0.05) is 18.2 Å². The van der Waals surface area contributed by atoms with Gasteiger partial charge in [0.2, 0.25) is 5.91 Å². The van der Waals surface area contributed by atoms with Crippen LogP contribution < -0.4 is 10.6 Å². The van der Waals surface area contributed by atoms with Crippen LogP contribution in [0.4, 0.5) is 0 Å². The van der Waals surface area contributed by atoms with Crippen LogP contribution in [0.2, 0.25) is 0 Å². The van der Waals surface area contributed by atoms with Crippen LogP contribution in [-0.2, 0) is 16.1 Å². The summed E-state index contributed by atoms with van der Waals surface area (Å²) in [5, 5.41) is 5.70. The van der Waals surface area contributed by atoms with Gasteiger partial charge in [-0.25, -0.2) is 0 Å². The van der Waals surface area contributed by atoms with E-state index < -0.39 is 0 Å². The topological polar surface area (TPSA) is 80.3 Å². The van der Waals surface area contributed by atoms with Crippen molar-refractivity contribution in [2.75, 3.05) is 13.2 Å². The van der Waals surface area contributed by atoms with E-state index in [-0.39, 0.29) is 17.4 Å². The lowest BCUT2D eigenvalue weighted by Crippen LogP contribution is -2.40. The molecule has 1 saturated heterocycles. The Hall–Kier alpha value is -2.73. The van der Waals surface area contributed by atoms with E-state index in [4.69, 9.17) is 4.74 Å². The van der Waals surface area contributed by atoms with Crippen LogP contribution in [0.25, 0.3) is 11.3 Å². The fourth-order valence-corrected chi connectivity index (χ4v) is 3.06. The van der Waals surface area contributed by atoms with Crippen molar-refractivity contribution in [2.24, 2.45) is 0 Å². The second-order valence-corrected chi connectivity index (χ2v) is 7.12. The number of benzene rings is 1. The fraction of sp³-hybridized carbons (Fsp3) is 0.381. The molecule has 0 aliphatic carbocycles. The van der Waals surface area contributed by atoms with E-state index in [9.17, 15) is 9.59 Å². The Kier molecular flexibility index (Phi) is 5.86. The molecule has 1 fully saturated rings. The second kappa shape index (κ2) is 8.31. The quantitative estimate of drug-likeness (QED) is 0.823. The van der Waals surface area contributed by atoms with Crippen LogP contribution >= 0.6 is 0 Å². The smallest absolute Gasteiger partial charge is 0.251 e. The molecule has 2 heterocycles. The van der Waals surface area contributed by atoms with Gasteiger partial charge in [0.25, 0.3) is 5.91 Å². The Labute approximate surface area is 159 Å². The molecule has 0 saturated carbocycles. The number of aromatic nitrogens is 1. The van der Waals surface area contributed by atoms with Gasteiger partial charge in [0.15, 0.2) is 0 Å². The third-order valence-corrected chi connectivity index (χ3v) is 4.73. The first-order chi connectivity index (χ1) is 13.0. The van der Waals surface area contributed by atoms with Gasteiger partial charge in [0.05, 0.1) is 11.3 Å². The van der Waals surface area contributed by atoms with E-state index in [1.807, 2.05) is 31.2 Å². The summed E-state index contributed by atoms with van der Waals surface area (Å²) in [5.74, 6) is -0.168. The molecule has 0 bridgehead atoms. The van der Waals surface area contributed by atoms with Crippen LogP contribution in [0.1, 0.15) is 42.6 Å². The van der Waals surface area contributed by atoms with Crippen LogP contribution in [0.15, 0.2) is 42.6 Å². The van der Waals surface area contributed by atoms with Crippen molar-refractivity contribution in [3.05, 3.63) is 53.7 Å². The lowest BCUT2D eigenvalue weighted by molar-refractivity contribution is -0.119. The molecule has 2 N–H and O–H groups in total. The number of nitrogens with one attached hydrogen (secondary N) is 2. The maximum Gasteiger partial charge on any atom is 0.251 e. The van der Waals surface area contributed by atoms with E-state index >= 15 is 0 Å². The highest BCUT2D eigenvalue weighted by Crippen LogP contribution is 2.24. The van der Waals surface area contributed by atoms with E-state index in [1.165, 1.54) is 6.92 Å². The molecule has 1 aromatic carbocycles. The summed E-state index contributed by atoms with van der Waals surface area (Å²) in [6, 6.07) is 11.2. The lowest BCUT2D eigenvalue weighted by atomic mass is 10.0. The molecule has 6 heteroatoms. The van der Waals surface area contributed by atoms with E-state index in [0.29, 0.717) is 18.7 Å². The average molecular weight is 367 g/mol. The van der Waals surface area contributed by atoms with Gasteiger partial charge < -0.3 is 15.4 Å². The highest BCUT2D eigenvalue weighted by molar-refractivity contribution is 5.94. The van der Waals surface area contributed by atoms with Crippen molar-refractivity contribution in [3.8, 4) is 11.3 Å². The summed E-state index contributed by atoms with van der Waals surface area (Å²) < 4.78 is 5.70. The number of pyridine rings is 1. The summed E-state index contributed by atoms with van der Waals surface area (Å²) in [4.78, 5) is 27.7. The molecule has 142 valence electrons. The monoisotopic (exact) mass is 367 g/mol. The number of rotatable bonds is 6. The predicted molar refractivity (Wildman–Crippen MR) is 103 cm³/mol. The Bertz CT molecular complexity index is 794. The molecule has 2 aromatic rings. The minimum Gasteiger partial charge on any atom is -0.373 e. The minimum atomic E-state index is -0.251. The first-order valence-corrected chi connectivity index (χ1v) is 9.17. The molecule has 27 heavy (non-hydrogen) atoms. The third kappa shape index (κ3) is 5.14. The van der Waals surface area contributed by atoms with Gasteiger partial charge in [-0.15, -0.1) is 0 Å². The van der Waals surface area contributed by atoms with Gasteiger partial charge in [0.1, 0.15) is 0 Å². The highest BCUT2D eigenvalue weighted by Gasteiger charge is 2.30. The normalized spacial score (nSPS) is 18.9. The zero-order valence-corrected chi connectivity index (χ0v) is 15.7. The van der Waals surface area contributed by atoms with Gasteiger partial charge in [-0.05, 0) is 43.5 Å². The van der Waals surface area contributed by atoms with Gasteiger partial charge in [-0.2, -0.15) is 0 Å². The van der Waals surface area contributed by atoms with Gasteiger partial charge >= 0.3 is 0 Å². The van der Waals surface area contributed by atoms with Crippen molar-refractivity contribution < 1.29 is 14.3 Å². The van der Waals surface area contributed by atoms with Crippen LogP contribution in [0.5, 0.6) is 0 Å². The number of nitrogens with zero attached hydrogens (tertiary/aromatic N) is 1. The summed E-state index contributed by atoms with van der Waals surface area (Å²) in [6.07, 6.45) is 3.75. The maximum atomic E-state index is 12.3. The van der Waals surface area contributed by atoms with Crippen LogP contribution in [-0.4, -0.2) is 35.6 Å². The number of hydrogen-bond acceptors (Lipinski definition) is 4. The van der Waals surface area contributed by atoms with Crippen LogP contribution in [0, 0.1) is 0 Å². The number of carbonyl (C=O) groups is 2. The average Bonchev–Trinajstić information content (AvgIpc) is 3.12. The van der Waals surface area contributed by atoms with E-state index in [0.717, 1.165) is 36.3 Å². The Morgan fingerprint density at radius 1 is 1.15 bits per heavy atom. The Balaban J connectivity index is 1.59. The van der Waals surface area contributed by atoms with E-state index in [1.54, 1.807) is 18.3 Å². The van der Waals surface area contributed by atoms with E-state index in [2.05, 4.69) is 15.6 Å². The van der Waals surface area contributed by atoms with Crippen molar-refractivity contribution in [2.45, 2.75) is 38.8 Å². The summed E-state index contributed by atoms with van der Waals surface area (Å²) in [6.45, 7) is 5.26. The Morgan fingerprint density at radius 2 is 1.93 bits per heavy atom. The summed E-state index contributed by atoms with van der Waals surface area (Å²) in [7, 11) is 0. The molecule has 0 radical (unpaired) electrons. The number of hydrogen-bond donors (Lipinski definition) is 2. The molecule has 0 unspecified atom stereocenters. The van der Waals surface area contributed by atoms with Crippen molar-refractivity contribution in [1.82, 2.24) is 15.6 Å². The summed E-state index contributed by atoms with van der Waals surface area (Å²) >= 11 is 0. The first-order valence-electron chi connectivity index (χ1n) is 9.17. The molecule has 6 nitrogen and oxygen atoms in total. The third-order valence-electron chi connectivity index (χ3n) is 4.73. The minimum absolute atomic E-state index is 0.0681.